The molecular formula is C20H28N4O3. The van der Waals surface area contributed by atoms with Gasteiger partial charge in [-0.15, -0.1) is 0 Å². The highest BCUT2D eigenvalue weighted by molar-refractivity contribution is 5.88. The molecule has 3 N–H and O–H groups in total. The van der Waals surface area contributed by atoms with Gasteiger partial charge in [-0.3, -0.25) is 14.8 Å². The summed E-state index contributed by atoms with van der Waals surface area (Å²) in [5.41, 5.74) is 2.95. The first kappa shape index (κ1) is 18.3. The van der Waals surface area contributed by atoms with Crippen molar-refractivity contribution in [2.45, 2.75) is 25.3 Å². The second-order valence-electron chi connectivity index (χ2n) is 8.28. The molecule has 2 aliphatic heterocycles. The summed E-state index contributed by atoms with van der Waals surface area (Å²) in [5.74, 6) is -1.12. The van der Waals surface area contributed by atoms with E-state index in [0.717, 1.165) is 26.1 Å². The summed E-state index contributed by atoms with van der Waals surface area (Å²) in [7, 11) is 0. The average Bonchev–Trinajstić information content (AvgIpc) is 3.45. The van der Waals surface area contributed by atoms with Gasteiger partial charge in [0.1, 0.15) is 0 Å². The standard InChI is InChI=1S/C20H28N4O3/c1-14-11-20(13-21-20)12-16(18(25)22-27)17(14)19(26)24-9-7-23(8-10-24)15-5-3-2-4-6-15/h2-6,14,16-17,21,27H,7-13H2,1H3,(H,22,25)/t14?,16?,17?,20-/m0/s1. The van der Waals surface area contributed by atoms with Crippen LogP contribution in [0, 0.1) is 17.8 Å². The van der Waals surface area contributed by atoms with E-state index in [9.17, 15) is 14.8 Å². The van der Waals surface area contributed by atoms with Gasteiger partial charge in [-0.25, -0.2) is 5.48 Å². The van der Waals surface area contributed by atoms with E-state index < -0.39 is 11.8 Å². The zero-order valence-electron chi connectivity index (χ0n) is 15.7. The van der Waals surface area contributed by atoms with Gasteiger partial charge in [-0.2, -0.15) is 0 Å². The van der Waals surface area contributed by atoms with Crippen LogP contribution in [0.3, 0.4) is 0 Å². The van der Waals surface area contributed by atoms with Crippen LogP contribution in [0.5, 0.6) is 0 Å². The lowest BCUT2D eigenvalue weighted by molar-refractivity contribution is -0.150. The third-order valence-electron chi connectivity index (χ3n) is 6.49. The lowest BCUT2D eigenvalue weighted by atomic mass is 9.67. The highest BCUT2D eigenvalue weighted by Gasteiger charge is 2.55. The summed E-state index contributed by atoms with van der Waals surface area (Å²) in [6, 6.07) is 10.2. The largest absolute Gasteiger partial charge is 0.368 e. The van der Waals surface area contributed by atoms with E-state index in [1.165, 1.54) is 5.69 Å². The van der Waals surface area contributed by atoms with Crippen molar-refractivity contribution >= 4 is 17.5 Å². The smallest absolute Gasteiger partial charge is 0.247 e. The number of para-hydroxylation sites is 1. The first-order chi connectivity index (χ1) is 13.0. The molecule has 1 spiro atoms. The van der Waals surface area contributed by atoms with Gasteiger partial charge < -0.3 is 15.1 Å². The van der Waals surface area contributed by atoms with Crippen molar-refractivity contribution in [2.24, 2.45) is 17.8 Å². The Hall–Kier alpha value is -2.12. The number of anilines is 1. The monoisotopic (exact) mass is 372 g/mol. The Labute approximate surface area is 159 Å². The van der Waals surface area contributed by atoms with Crippen molar-refractivity contribution < 1.29 is 14.8 Å². The van der Waals surface area contributed by atoms with Crippen LogP contribution in [0.1, 0.15) is 19.8 Å². The Morgan fingerprint density at radius 2 is 1.81 bits per heavy atom. The van der Waals surface area contributed by atoms with Gasteiger partial charge in [0.05, 0.1) is 11.8 Å². The Balaban J connectivity index is 1.44. The van der Waals surface area contributed by atoms with Gasteiger partial charge in [0, 0.05) is 44.0 Å². The number of nitrogens with zero attached hydrogens (tertiary/aromatic N) is 2. The van der Waals surface area contributed by atoms with Crippen LogP contribution < -0.4 is 15.7 Å². The summed E-state index contributed by atoms with van der Waals surface area (Å²) < 4.78 is 0. The lowest BCUT2D eigenvalue weighted by Gasteiger charge is -2.43. The molecule has 2 amide bonds. The number of amides is 2. The summed E-state index contributed by atoms with van der Waals surface area (Å²) >= 11 is 0. The van der Waals surface area contributed by atoms with Crippen molar-refractivity contribution in [1.82, 2.24) is 15.7 Å². The molecule has 1 aliphatic carbocycles. The first-order valence-electron chi connectivity index (χ1n) is 9.81. The van der Waals surface area contributed by atoms with Crippen LogP contribution in [-0.2, 0) is 9.59 Å². The van der Waals surface area contributed by atoms with Crippen molar-refractivity contribution in [3.05, 3.63) is 30.3 Å². The summed E-state index contributed by atoms with van der Waals surface area (Å²) in [4.78, 5) is 29.8. The average molecular weight is 372 g/mol. The molecule has 146 valence electrons. The van der Waals surface area contributed by atoms with Crippen LogP contribution >= 0.6 is 0 Å². The SMILES string of the molecule is CC1C[C@@]2(CN2)CC(C(=O)NO)C1C(=O)N1CCN(c2ccccc2)CC1. The fraction of sp³-hybridized carbons (Fsp3) is 0.600. The summed E-state index contributed by atoms with van der Waals surface area (Å²) in [5, 5.41) is 12.5. The third kappa shape index (κ3) is 3.53. The van der Waals surface area contributed by atoms with Gasteiger partial charge in [-0.1, -0.05) is 25.1 Å². The predicted octanol–water partition coefficient (Wildman–Crippen LogP) is 0.845. The van der Waals surface area contributed by atoms with Crippen molar-refractivity contribution in [2.75, 3.05) is 37.6 Å². The summed E-state index contributed by atoms with van der Waals surface area (Å²) in [6.45, 7) is 5.85. The maximum Gasteiger partial charge on any atom is 0.247 e. The molecule has 7 heteroatoms. The molecule has 4 atom stereocenters. The van der Waals surface area contributed by atoms with Crippen LogP contribution in [-0.4, -0.2) is 60.2 Å². The molecule has 1 aromatic carbocycles. The third-order valence-corrected chi connectivity index (χ3v) is 6.49. The van der Waals surface area contributed by atoms with E-state index in [0.29, 0.717) is 19.5 Å². The topological polar surface area (TPSA) is 94.8 Å². The predicted molar refractivity (Wildman–Crippen MR) is 101 cm³/mol. The second-order valence-corrected chi connectivity index (χ2v) is 8.28. The molecule has 3 fully saturated rings. The molecule has 2 saturated heterocycles. The molecule has 0 bridgehead atoms. The van der Waals surface area contributed by atoms with E-state index in [-0.39, 0.29) is 23.3 Å². The maximum atomic E-state index is 13.3. The number of hydrogen-bond donors (Lipinski definition) is 3. The minimum Gasteiger partial charge on any atom is -0.368 e. The number of nitrogens with one attached hydrogen (secondary N) is 2. The van der Waals surface area contributed by atoms with Crippen LogP contribution in [0.2, 0.25) is 0 Å². The molecule has 4 rings (SSSR count). The number of rotatable bonds is 3. The quantitative estimate of drug-likeness (QED) is 0.415. The number of hydrogen-bond acceptors (Lipinski definition) is 5. The lowest BCUT2D eigenvalue weighted by Crippen LogP contribution is -2.55. The first-order valence-corrected chi connectivity index (χ1v) is 9.81. The normalized spacial score (nSPS) is 33.0. The van der Waals surface area contributed by atoms with Crippen molar-refractivity contribution in [3.8, 4) is 0 Å². The molecule has 27 heavy (non-hydrogen) atoms. The fourth-order valence-corrected chi connectivity index (χ4v) is 4.97. The number of carbonyl (C=O) groups excluding carboxylic acids is 2. The Morgan fingerprint density at radius 3 is 2.41 bits per heavy atom. The molecule has 3 aliphatic rings. The molecule has 0 aromatic heterocycles. The van der Waals surface area contributed by atoms with E-state index >= 15 is 0 Å². The number of piperazine rings is 1. The number of carbonyl (C=O) groups is 2. The van der Waals surface area contributed by atoms with E-state index in [2.05, 4.69) is 29.3 Å². The molecular weight excluding hydrogens is 344 g/mol. The zero-order chi connectivity index (χ0) is 19.0. The number of hydroxylamine groups is 1. The Kier molecular flexibility index (Phi) is 4.82. The Bertz CT molecular complexity index is 698. The molecule has 1 aromatic rings. The van der Waals surface area contributed by atoms with Crippen LogP contribution in [0.15, 0.2) is 30.3 Å². The van der Waals surface area contributed by atoms with E-state index in [4.69, 9.17) is 0 Å². The van der Waals surface area contributed by atoms with Crippen molar-refractivity contribution in [3.63, 3.8) is 0 Å². The van der Waals surface area contributed by atoms with Gasteiger partial charge in [0.15, 0.2) is 0 Å². The van der Waals surface area contributed by atoms with Crippen LogP contribution in [0.4, 0.5) is 5.69 Å². The van der Waals surface area contributed by atoms with Gasteiger partial charge in [0.2, 0.25) is 11.8 Å². The zero-order valence-corrected chi connectivity index (χ0v) is 15.7. The minimum absolute atomic E-state index is 0.0145. The second kappa shape index (κ2) is 7.13. The van der Waals surface area contributed by atoms with Crippen LogP contribution in [0.25, 0.3) is 0 Å². The van der Waals surface area contributed by atoms with Gasteiger partial charge in [0.25, 0.3) is 0 Å². The molecule has 3 unspecified atom stereocenters. The van der Waals surface area contributed by atoms with E-state index in [1.807, 2.05) is 23.1 Å². The van der Waals surface area contributed by atoms with Gasteiger partial charge in [-0.05, 0) is 30.9 Å². The number of benzene rings is 1. The molecule has 7 nitrogen and oxygen atoms in total. The van der Waals surface area contributed by atoms with Gasteiger partial charge >= 0.3 is 0 Å². The maximum absolute atomic E-state index is 13.3. The Morgan fingerprint density at radius 1 is 1.15 bits per heavy atom. The molecule has 1 saturated carbocycles. The fourth-order valence-electron chi connectivity index (χ4n) is 4.97. The van der Waals surface area contributed by atoms with Crippen molar-refractivity contribution in [1.29, 1.82) is 0 Å². The molecule has 2 heterocycles. The highest BCUT2D eigenvalue weighted by atomic mass is 16.5. The molecule has 0 radical (unpaired) electrons. The highest BCUT2D eigenvalue weighted by Crippen LogP contribution is 2.45. The summed E-state index contributed by atoms with van der Waals surface area (Å²) in [6.07, 6.45) is 1.52. The van der Waals surface area contributed by atoms with E-state index in [1.54, 1.807) is 5.48 Å². The minimum atomic E-state index is -0.478.